The van der Waals surface area contributed by atoms with Gasteiger partial charge in [-0.3, -0.25) is 4.79 Å². The van der Waals surface area contributed by atoms with E-state index in [0.717, 1.165) is 7.11 Å². The van der Waals surface area contributed by atoms with Crippen LogP contribution in [0.4, 0.5) is 14.5 Å². The number of methoxy groups -OCH3 is 1. The number of rotatable bonds is 4. The van der Waals surface area contributed by atoms with E-state index >= 15 is 0 Å². The van der Waals surface area contributed by atoms with Gasteiger partial charge >= 0.3 is 5.97 Å². The van der Waals surface area contributed by atoms with Crippen molar-refractivity contribution in [2.75, 3.05) is 12.4 Å². The van der Waals surface area contributed by atoms with Crippen molar-refractivity contribution in [3.8, 4) is 11.3 Å². The lowest BCUT2D eigenvalue weighted by atomic mass is 10.1. The van der Waals surface area contributed by atoms with Crippen molar-refractivity contribution in [2.45, 2.75) is 0 Å². The molecule has 0 saturated heterocycles. The van der Waals surface area contributed by atoms with E-state index in [9.17, 15) is 18.4 Å². The normalized spacial score (nSPS) is 10.4. The number of ether oxygens (including phenoxy) is 1. The van der Waals surface area contributed by atoms with Gasteiger partial charge in [0.15, 0.2) is 17.3 Å². The molecule has 1 aromatic carbocycles. The van der Waals surface area contributed by atoms with Gasteiger partial charge in [0.2, 0.25) is 0 Å². The molecule has 9 heteroatoms. The second kappa shape index (κ2) is 7.09. The van der Waals surface area contributed by atoms with Gasteiger partial charge in [-0.25, -0.2) is 13.6 Å². The Morgan fingerprint density at radius 2 is 1.88 bits per heavy atom. The maximum absolute atomic E-state index is 13.5. The van der Waals surface area contributed by atoms with Crippen LogP contribution in [0.1, 0.15) is 20.8 Å². The van der Waals surface area contributed by atoms with E-state index in [4.69, 9.17) is 4.42 Å². The SMILES string of the molecule is COC(=O)c1cc(F)c(F)cc1NC(=O)c1ccc(-c2ccoc2)nn1. The number of furan rings is 1. The van der Waals surface area contributed by atoms with Crippen molar-refractivity contribution < 1.29 is 27.5 Å². The molecule has 2 aromatic heterocycles. The zero-order chi connectivity index (χ0) is 18.7. The first-order valence-corrected chi connectivity index (χ1v) is 7.24. The Morgan fingerprint density at radius 1 is 1.12 bits per heavy atom. The van der Waals surface area contributed by atoms with Gasteiger partial charge in [0, 0.05) is 11.6 Å². The largest absolute Gasteiger partial charge is 0.472 e. The number of carbonyl (C=O) groups is 2. The van der Waals surface area contributed by atoms with E-state index in [-0.39, 0.29) is 16.9 Å². The average Bonchev–Trinajstić information content (AvgIpc) is 3.18. The van der Waals surface area contributed by atoms with E-state index in [0.29, 0.717) is 23.4 Å². The molecule has 26 heavy (non-hydrogen) atoms. The van der Waals surface area contributed by atoms with Crippen LogP contribution in [-0.4, -0.2) is 29.2 Å². The molecule has 0 fully saturated rings. The van der Waals surface area contributed by atoms with Crippen molar-refractivity contribution in [3.63, 3.8) is 0 Å². The smallest absolute Gasteiger partial charge is 0.340 e. The third kappa shape index (κ3) is 3.41. The Hall–Kier alpha value is -3.62. The quantitative estimate of drug-likeness (QED) is 0.720. The summed E-state index contributed by atoms with van der Waals surface area (Å²) < 4.78 is 36.3. The summed E-state index contributed by atoms with van der Waals surface area (Å²) in [5.41, 5.74) is 0.499. The number of carbonyl (C=O) groups excluding carboxylic acids is 2. The molecule has 7 nitrogen and oxygen atoms in total. The molecule has 1 N–H and O–H groups in total. The Kier molecular flexibility index (Phi) is 4.70. The monoisotopic (exact) mass is 359 g/mol. The van der Waals surface area contributed by atoms with Crippen molar-refractivity contribution in [1.82, 2.24) is 10.2 Å². The van der Waals surface area contributed by atoms with Crippen LogP contribution in [-0.2, 0) is 4.74 Å². The number of amides is 1. The fraction of sp³-hybridized carbons (Fsp3) is 0.0588. The van der Waals surface area contributed by atoms with Gasteiger partial charge < -0.3 is 14.5 Å². The van der Waals surface area contributed by atoms with Crippen molar-refractivity contribution in [2.24, 2.45) is 0 Å². The van der Waals surface area contributed by atoms with Gasteiger partial charge in [0.25, 0.3) is 5.91 Å². The minimum absolute atomic E-state index is 0.0854. The van der Waals surface area contributed by atoms with Crippen molar-refractivity contribution in [3.05, 3.63) is 65.7 Å². The van der Waals surface area contributed by atoms with Crippen LogP contribution in [0.15, 0.2) is 47.3 Å². The van der Waals surface area contributed by atoms with Crippen LogP contribution in [0.5, 0.6) is 0 Å². The van der Waals surface area contributed by atoms with Crippen LogP contribution in [0.2, 0.25) is 0 Å². The summed E-state index contributed by atoms with van der Waals surface area (Å²) in [5.74, 6) is -4.16. The highest BCUT2D eigenvalue weighted by atomic mass is 19.2. The average molecular weight is 359 g/mol. The third-order valence-electron chi connectivity index (χ3n) is 3.43. The summed E-state index contributed by atoms with van der Waals surface area (Å²) in [7, 11) is 1.08. The maximum Gasteiger partial charge on any atom is 0.340 e. The first-order chi connectivity index (χ1) is 12.5. The fourth-order valence-electron chi connectivity index (χ4n) is 2.13. The van der Waals surface area contributed by atoms with Gasteiger partial charge in [-0.2, -0.15) is 0 Å². The Balaban J connectivity index is 1.86. The molecule has 0 aliphatic rings. The first-order valence-electron chi connectivity index (χ1n) is 7.24. The van der Waals surface area contributed by atoms with Crippen LogP contribution in [0.25, 0.3) is 11.3 Å². The van der Waals surface area contributed by atoms with E-state index in [1.807, 2.05) is 0 Å². The first kappa shape index (κ1) is 17.2. The lowest BCUT2D eigenvalue weighted by Gasteiger charge is -2.10. The maximum atomic E-state index is 13.5. The highest BCUT2D eigenvalue weighted by molar-refractivity contribution is 6.07. The minimum atomic E-state index is -1.24. The molecule has 3 rings (SSSR count). The van der Waals surface area contributed by atoms with E-state index in [1.165, 1.54) is 18.6 Å². The van der Waals surface area contributed by atoms with Crippen LogP contribution >= 0.6 is 0 Å². The molecule has 0 bridgehead atoms. The van der Waals surface area contributed by atoms with Gasteiger partial charge in [-0.05, 0) is 24.3 Å². The highest BCUT2D eigenvalue weighted by Crippen LogP contribution is 2.22. The molecule has 0 aliphatic carbocycles. The Morgan fingerprint density at radius 3 is 2.50 bits per heavy atom. The number of aromatic nitrogens is 2. The van der Waals surface area contributed by atoms with E-state index in [1.54, 1.807) is 12.1 Å². The van der Waals surface area contributed by atoms with Crippen LogP contribution in [0.3, 0.4) is 0 Å². The summed E-state index contributed by atoms with van der Waals surface area (Å²) in [5, 5.41) is 9.97. The Bertz CT molecular complexity index is 957. The summed E-state index contributed by atoms with van der Waals surface area (Å²) in [6.45, 7) is 0. The van der Waals surface area contributed by atoms with Crippen molar-refractivity contribution in [1.29, 1.82) is 0 Å². The highest BCUT2D eigenvalue weighted by Gasteiger charge is 2.19. The van der Waals surface area contributed by atoms with Gasteiger partial charge in [0.1, 0.15) is 0 Å². The standard InChI is InChI=1S/C17H11F2N3O4/c1-25-17(24)10-6-11(18)12(19)7-15(10)20-16(23)14-3-2-13(21-22-14)9-4-5-26-8-9/h2-8H,1H3,(H,20,23). The summed E-state index contributed by atoms with van der Waals surface area (Å²) >= 11 is 0. The van der Waals surface area contributed by atoms with Gasteiger partial charge in [0.05, 0.1) is 36.6 Å². The lowest BCUT2D eigenvalue weighted by molar-refractivity contribution is 0.0601. The molecular weight excluding hydrogens is 348 g/mol. The number of nitrogens with one attached hydrogen (secondary N) is 1. The number of halogens is 2. The number of esters is 1. The summed E-state index contributed by atoms with van der Waals surface area (Å²) in [4.78, 5) is 24.0. The molecule has 0 atom stereocenters. The minimum Gasteiger partial charge on any atom is -0.472 e. The van der Waals surface area contributed by atoms with Crippen LogP contribution in [0, 0.1) is 11.6 Å². The fourth-order valence-corrected chi connectivity index (χ4v) is 2.13. The second-order valence-electron chi connectivity index (χ2n) is 5.07. The number of benzene rings is 1. The number of anilines is 1. The Labute approximate surface area is 145 Å². The lowest BCUT2D eigenvalue weighted by Crippen LogP contribution is -2.17. The number of nitrogens with zero attached hydrogens (tertiary/aromatic N) is 2. The molecule has 0 radical (unpaired) electrons. The zero-order valence-electron chi connectivity index (χ0n) is 13.3. The molecule has 0 spiro atoms. The number of hydrogen-bond acceptors (Lipinski definition) is 6. The molecular formula is C17H11F2N3O4. The molecule has 0 saturated carbocycles. The van der Waals surface area contributed by atoms with Crippen molar-refractivity contribution >= 4 is 17.6 Å². The molecule has 0 unspecified atom stereocenters. The second-order valence-corrected chi connectivity index (χ2v) is 5.07. The van der Waals surface area contributed by atoms with E-state index < -0.39 is 23.5 Å². The molecule has 132 valence electrons. The summed E-state index contributed by atoms with van der Waals surface area (Å²) in [6, 6.07) is 5.94. The summed E-state index contributed by atoms with van der Waals surface area (Å²) in [6.07, 6.45) is 2.93. The molecule has 3 aromatic rings. The molecule has 1 amide bonds. The molecule has 0 aliphatic heterocycles. The number of hydrogen-bond donors (Lipinski definition) is 1. The predicted octanol–water partition coefficient (Wildman–Crippen LogP) is 3.05. The predicted molar refractivity (Wildman–Crippen MR) is 85.4 cm³/mol. The molecule has 2 heterocycles. The third-order valence-corrected chi connectivity index (χ3v) is 3.43. The zero-order valence-corrected chi connectivity index (χ0v) is 13.3. The topological polar surface area (TPSA) is 94.3 Å². The van der Waals surface area contributed by atoms with Gasteiger partial charge in [-0.1, -0.05) is 0 Å². The van der Waals surface area contributed by atoms with Crippen LogP contribution < -0.4 is 5.32 Å². The van der Waals surface area contributed by atoms with E-state index in [2.05, 4.69) is 20.3 Å². The van der Waals surface area contributed by atoms with Gasteiger partial charge in [-0.15, -0.1) is 10.2 Å².